The third-order valence-electron chi connectivity index (χ3n) is 2.88. The SMILES string of the molecule is CC(C)O[Si](C)(CCCNc1ccccc1)OC(C)C. The van der Waals surface area contributed by atoms with Gasteiger partial charge in [-0.25, -0.2) is 0 Å². The quantitative estimate of drug-likeness (QED) is 0.540. The van der Waals surface area contributed by atoms with E-state index in [1.165, 1.54) is 5.69 Å². The van der Waals surface area contributed by atoms with Crippen LogP contribution in [0.5, 0.6) is 0 Å². The molecule has 0 radical (unpaired) electrons. The summed E-state index contributed by atoms with van der Waals surface area (Å²) < 4.78 is 12.2. The molecule has 0 atom stereocenters. The van der Waals surface area contributed by atoms with Crippen LogP contribution >= 0.6 is 0 Å². The molecule has 0 amide bonds. The maximum Gasteiger partial charge on any atom is 0.335 e. The fraction of sp³-hybridized carbons (Fsp3) is 0.625. The van der Waals surface area contributed by atoms with Gasteiger partial charge in [-0.1, -0.05) is 18.2 Å². The smallest absolute Gasteiger partial charge is 0.335 e. The molecule has 4 heteroatoms. The van der Waals surface area contributed by atoms with E-state index in [9.17, 15) is 0 Å². The van der Waals surface area contributed by atoms with Gasteiger partial charge >= 0.3 is 8.56 Å². The lowest BCUT2D eigenvalue weighted by atomic mass is 10.3. The molecule has 0 bridgehead atoms. The highest BCUT2D eigenvalue weighted by molar-refractivity contribution is 6.66. The highest BCUT2D eigenvalue weighted by Gasteiger charge is 2.33. The van der Waals surface area contributed by atoms with Crippen molar-refractivity contribution < 1.29 is 8.85 Å². The van der Waals surface area contributed by atoms with E-state index < -0.39 is 8.56 Å². The molecule has 1 rings (SSSR count). The lowest BCUT2D eigenvalue weighted by Crippen LogP contribution is -2.43. The van der Waals surface area contributed by atoms with Crippen molar-refractivity contribution in [2.75, 3.05) is 11.9 Å². The van der Waals surface area contributed by atoms with Crippen molar-refractivity contribution in [2.24, 2.45) is 0 Å². The van der Waals surface area contributed by atoms with Crippen LogP contribution in [0.15, 0.2) is 30.3 Å². The average molecular weight is 295 g/mol. The van der Waals surface area contributed by atoms with Crippen LogP contribution in [-0.2, 0) is 8.85 Å². The van der Waals surface area contributed by atoms with Gasteiger partial charge < -0.3 is 14.2 Å². The predicted octanol–water partition coefficient (Wildman–Crippen LogP) is 4.41. The summed E-state index contributed by atoms with van der Waals surface area (Å²) in [4.78, 5) is 0. The van der Waals surface area contributed by atoms with Crippen molar-refractivity contribution in [1.29, 1.82) is 0 Å². The Morgan fingerprint density at radius 1 is 1.00 bits per heavy atom. The average Bonchev–Trinajstić information content (AvgIpc) is 2.34. The van der Waals surface area contributed by atoms with Gasteiger partial charge in [0, 0.05) is 24.4 Å². The normalized spacial score (nSPS) is 12.2. The van der Waals surface area contributed by atoms with Gasteiger partial charge in [-0.3, -0.25) is 0 Å². The zero-order valence-electron chi connectivity index (χ0n) is 13.5. The first-order valence-corrected chi connectivity index (χ1v) is 10.1. The molecule has 0 saturated heterocycles. The van der Waals surface area contributed by atoms with E-state index in [0.29, 0.717) is 0 Å². The summed E-state index contributed by atoms with van der Waals surface area (Å²) in [7, 11) is -2.05. The van der Waals surface area contributed by atoms with E-state index in [1.54, 1.807) is 0 Å². The molecule has 3 nitrogen and oxygen atoms in total. The Balaban J connectivity index is 2.38. The Kier molecular flexibility index (Phi) is 7.27. The molecule has 0 heterocycles. The van der Waals surface area contributed by atoms with Gasteiger partial charge in [0.1, 0.15) is 0 Å². The van der Waals surface area contributed by atoms with Crippen LogP contribution in [-0.4, -0.2) is 27.3 Å². The van der Waals surface area contributed by atoms with Gasteiger partial charge in [0.15, 0.2) is 0 Å². The summed E-state index contributed by atoms with van der Waals surface area (Å²) in [5.41, 5.74) is 1.17. The van der Waals surface area contributed by atoms with E-state index in [1.807, 2.05) is 18.2 Å². The first-order valence-electron chi connectivity index (χ1n) is 7.56. The summed E-state index contributed by atoms with van der Waals surface area (Å²) in [5, 5.41) is 3.43. The largest absolute Gasteiger partial charge is 0.392 e. The van der Waals surface area contributed by atoms with Crippen LogP contribution in [0.4, 0.5) is 5.69 Å². The number of para-hydroxylation sites is 1. The van der Waals surface area contributed by atoms with Crippen molar-refractivity contribution >= 4 is 14.2 Å². The number of nitrogens with one attached hydrogen (secondary N) is 1. The molecule has 0 fully saturated rings. The molecule has 0 unspecified atom stereocenters. The summed E-state index contributed by atoms with van der Waals surface area (Å²) in [6, 6.07) is 11.3. The molecule has 0 aliphatic heterocycles. The summed E-state index contributed by atoms with van der Waals surface area (Å²) >= 11 is 0. The molecular weight excluding hydrogens is 266 g/mol. The Morgan fingerprint density at radius 3 is 2.05 bits per heavy atom. The second-order valence-corrected chi connectivity index (χ2v) is 9.10. The molecule has 1 N–H and O–H groups in total. The number of rotatable bonds is 9. The minimum absolute atomic E-state index is 0.229. The lowest BCUT2D eigenvalue weighted by Gasteiger charge is -2.31. The molecule has 1 aromatic carbocycles. The van der Waals surface area contributed by atoms with Gasteiger partial charge in [-0.2, -0.15) is 0 Å². The van der Waals surface area contributed by atoms with Crippen molar-refractivity contribution in [3.8, 4) is 0 Å². The molecule has 20 heavy (non-hydrogen) atoms. The topological polar surface area (TPSA) is 30.5 Å². The molecule has 1 aromatic rings. The molecule has 0 aliphatic carbocycles. The van der Waals surface area contributed by atoms with E-state index in [0.717, 1.165) is 19.0 Å². The Labute approximate surface area is 124 Å². The fourth-order valence-electron chi connectivity index (χ4n) is 2.34. The zero-order chi connectivity index (χ0) is 15.0. The summed E-state index contributed by atoms with van der Waals surface area (Å²) in [6.45, 7) is 11.5. The Bertz CT molecular complexity index is 358. The van der Waals surface area contributed by atoms with Gasteiger partial charge in [-0.05, 0) is 58.8 Å². The van der Waals surface area contributed by atoms with Crippen LogP contribution in [0.3, 0.4) is 0 Å². The monoisotopic (exact) mass is 295 g/mol. The van der Waals surface area contributed by atoms with Crippen LogP contribution < -0.4 is 5.32 Å². The molecule has 0 aliphatic rings. The second-order valence-electron chi connectivity index (χ2n) is 5.86. The van der Waals surface area contributed by atoms with Crippen LogP contribution in [0.1, 0.15) is 34.1 Å². The van der Waals surface area contributed by atoms with Gasteiger partial charge in [0.05, 0.1) is 0 Å². The Morgan fingerprint density at radius 2 is 1.55 bits per heavy atom. The molecule has 0 aromatic heterocycles. The highest BCUT2D eigenvalue weighted by atomic mass is 28.4. The number of anilines is 1. The number of hydrogen-bond acceptors (Lipinski definition) is 3. The van der Waals surface area contributed by atoms with Crippen molar-refractivity contribution in [2.45, 2.75) is 58.9 Å². The number of benzene rings is 1. The van der Waals surface area contributed by atoms with E-state index in [-0.39, 0.29) is 12.2 Å². The molecular formula is C16H29NO2Si. The number of hydrogen-bond donors (Lipinski definition) is 1. The van der Waals surface area contributed by atoms with Gasteiger partial charge in [0.25, 0.3) is 0 Å². The van der Waals surface area contributed by atoms with E-state index in [4.69, 9.17) is 8.85 Å². The van der Waals surface area contributed by atoms with Crippen molar-refractivity contribution in [3.05, 3.63) is 30.3 Å². The zero-order valence-corrected chi connectivity index (χ0v) is 14.5. The minimum Gasteiger partial charge on any atom is -0.392 e. The second kappa shape index (κ2) is 8.45. The van der Waals surface area contributed by atoms with E-state index in [2.05, 4.69) is 51.7 Å². The Hall–Kier alpha value is -0.843. The molecule has 0 saturated carbocycles. The molecule has 0 spiro atoms. The van der Waals surface area contributed by atoms with Crippen LogP contribution in [0.25, 0.3) is 0 Å². The van der Waals surface area contributed by atoms with Crippen LogP contribution in [0.2, 0.25) is 12.6 Å². The first-order chi connectivity index (χ1) is 9.41. The maximum absolute atomic E-state index is 6.09. The lowest BCUT2D eigenvalue weighted by molar-refractivity contribution is 0.109. The molecule has 114 valence electrons. The maximum atomic E-state index is 6.09. The van der Waals surface area contributed by atoms with Crippen LogP contribution in [0, 0.1) is 0 Å². The standard InChI is InChI=1S/C16H29NO2Si/c1-14(2)18-20(5,19-15(3)4)13-9-12-17-16-10-7-6-8-11-16/h6-8,10-11,14-15,17H,9,12-13H2,1-5H3. The van der Waals surface area contributed by atoms with Crippen molar-refractivity contribution in [1.82, 2.24) is 0 Å². The predicted molar refractivity (Wildman–Crippen MR) is 88.4 cm³/mol. The van der Waals surface area contributed by atoms with Gasteiger partial charge in [-0.15, -0.1) is 0 Å². The van der Waals surface area contributed by atoms with Crippen molar-refractivity contribution in [3.63, 3.8) is 0 Å². The highest BCUT2D eigenvalue weighted by Crippen LogP contribution is 2.20. The minimum atomic E-state index is -2.05. The van der Waals surface area contributed by atoms with E-state index >= 15 is 0 Å². The summed E-state index contributed by atoms with van der Waals surface area (Å²) in [5.74, 6) is 0. The first kappa shape index (κ1) is 17.2. The fourth-order valence-corrected chi connectivity index (χ4v) is 5.45. The summed E-state index contributed by atoms with van der Waals surface area (Å²) in [6.07, 6.45) is 1.52. The van der Waals surface area contributed by atoms with Gasteiger partial charge in [0.2, 0.25) is 0 Å². The third kappa shape index (κ3) is 7.08. The third-order valence-corrected chi connectivity index (χ3v) is 6.08.